The highest BCUT2D eigenvalue weighted by atomic mass is 79.9. The Balaban J connectivity index is 0.000000180. The van der Waals surface area contributed by atoms with Gasteiger partial charge in [-0.25, -0.2) is 9.36 Å². The van der Waals surface area contributed by atoms with Crippen LogP contribution in [0.1, 0.15) is 22.3 Å². The third-order valence-electron chi connectivity index (χ3n) is 6.51. The molecule has 47 heavy (non-hydrogen) atoms. The molecule has 11 heteroatoms. The number of nitrogens with zero attached hydrogens (tertiary/aromatic N) is 4. The van der Waals surface area contributed by atoms with Gasteiger partial charge in [0.1, 0.15) is 15.6 Å². The van der Waals surface area contributed by atoms with Crippen LogP contribution in [0.25, 0.3) is 0 Å². The fraction of sp³-hybridized carbons (Fsp3) is 0.111. The van der Waals surface area contributed by atoms with E-state index in [9.17, 15) is 9.59 Å². The lowest BCUT2D eigenvalue weighted by molar-refractivity contribution is 0.282. The van der Waals surface area contributed by atoms with E-state index >= 15 is 0 Å². The molecule has 0 atom stereocenters. The number of aromatic nitrogens is 4. The Hall–Kier alpha value is -4.16. The van der Waals surface area contributed by atoms with Crippen LogP contribution in [-0.2, 0) is 26.3 Å². The molecule has 0 unspecified atom stereocenters. The Morgan fingerprint density at radius 3 is 1.40 bits per heavy atom. The van der Waals surface area contributed by atoms with Crippen molar-refractivity contribution < 1.29 is 9.84 Å². The monoisotopic (exact) mass is 820 g/mol. The van der Waals surface area contributed by atoms with E-state index in [0.29, 0.717) is 38.9 Å². The molecule has 6 aromatic rings. The van der Waals surface area contributed by atoms with Crippen molar-refractivity contribution in [2.45, 2.75) is 26.3 Å². The Morgan fingerprint density at radius 1 is 0.553 bits per heavy atom. The summed E-state index contributed by atoms with van der Waals surface area (Å²) in [5.74, 6) is 0.447. The van der Waals surface area contributed by atoms with Crippen molar-refractivity contribution in [1.29, 1.82) is 0 Å². The Bertz CT molecular complexity index is 1940. The molecule has 0 fully saturated rings. The minimum atomic E-state index is -0.209. The predicted molar refractivity (Wildman–Crippen MR) is 194 cm³/mol. The molecule has 0 saturated heterocycles. The number of benzene rings is 4. The number of ether oxygens (including phenoxy) is 1. The van der Waals surface area contributed by atoms with E-state index in [2.05, 4.69) is 58.0 Å². The zero-order valence-corrected chi connectivity index (χ0v) is 29.9. The van der Waals surface area contributed by atoms with Crippen molar-refractivity contribution in [2.75, 3.05) is 0 Å². The number of aliphatic hydroxyl groups is 1. The molecule has 0 radical (unpaired) electrons. The van der Waals surface area contributed by atoms with Crippen LogP contribution in [-0.4, -0.2) is 24.7 Å². The largest absolute Gasteiger partial charge is 0.486 e. The first-order chi connectivity index (χ1) is 22.9. The second-order valence-electron chi connectivity index (χ2n) is 9.94. The summed E-state index contributed by atoms with van der Waals surface area (Å²) in [7, 11) is 0. The Morgan fingerprint density at radius 2 is 0.957 bits per heavy atom. The number of hydrogen-bond donors (Lipinski definition) is 1. The van der Waals surface area contributed by atoms with Crippen LogP contribution in [0.5, 0.6) is 5.75 Å². The smallest absolute Gasteiger partial charge is 0.285 e. The van der Waals surface area contributed by atoms with Gasteiger partial charge in [-0.05, 0) is 70.0 Å². The van der Waals surface area contributed by atoms with Gasteiger partial charge in [0.15, 0.2) is 5.75 Å². The molecule has 1 N–H and O–H groups in total. The maximum atomic E-state index is 12.4. The van der Waals surface area contributed by atoms with Gasteiger partial charge in [0.05, 0.1) is 36.6 Å². The van der Waals surface area contributed by atoms with Crippen LogP contribution in [0.2, 0.25) is 0 Å². The van der Waals surface area contributed by atoms with E-state index in [0.717, 1.165) is 22.3 Å². The van der Waals surface area contributed by atoms with E-state index in [-0.39, 0.29) is 17.7 Å². The summed E-state index contributed by atoms with van der Waals surface area (Å²) in [5, 5.41) is 16.8. The molecule has 0 amide bonds. The van der Waals surface area contributed by atoms with Crippen molar-refractivity contribution in [3.63, 3.8) is 0 Å². The fourth-order valence-corrected chi connectivity index (χ4v) is 5.04. The lowest BCUT2D eigenvalue weighted by atomic mass is 10.2. The molecular formula is C36H31Br3N4O4. The second-order valence-corrected chi connectivity index (χ2v) is 12.4. The average Bonchev–Trinajstić information content (AvgIpc) is 3.12. The highest BCUT2D eigenvalue weighted by Gasteiger charge is 2.11. The quantitative estimate of drug-likeness (QED) is 0.170. The van der Waals surface area contributed by atoms with Crippen LogP contribution in [0.15, 0.2) is 157 Å². The van der Waals surface area contributed by atoms with Gasteiger partial charge >= 0.3 is 0 Å². The standard InChI is InChI=1S/C18H15BrN2O2.C11H8Br2N2O.C7H8O/c19-17-16(23-13-15-9-5-2-6-10-15)11-20-21(18(17)22)12-14-7-3-1-4-8-14;12-9-6-14-15(11(16)10(9)13)7-8-4-2-1-3-5-8;8-6-7-4-2-1-3-5-7/h1-11H,12-13H2;1-6H,7H2;1-5,8H,6H2. The SMILES string of the molecule is O=c1c(Br)c(Br)cnn1Cc1ccccc1.O=c1c(Br)c(OCc2ccccc2)cnn1Cc1ccccc1.OCc1ccccc1. The van der Waals surface area contributed by atoms with E-state index in [4.69, 9.17) is 9.84 Å². The maximum absolute atomic E-state index is 12.4. The summed E-state index contributed by atoms with van der Waals surface area (Å²) in [4.78, 5) is 24.2. The third-order valence-corrected chi connectivity index (χ3v) is 9.14. The summed E-state index contributed by atoms with van der Waals surface area (Å²) in [5.41, 5.74) is 3.72. The lowest BCUT2D eigenvalue weighted by Crippen LogP contribution is -2.24. The van der Waals surface area contributed by atoms with Crippen LogP contribution in [0, 0.1) is 0 Å². The van der Waals surface area contributed by atoms with E-state index in [1.54, 1.807) is 12.4 Å². The molecule has 0 saturated carbocycles. The normalized spacial score (nSPS) is 10.2. The number of rotatable bonds is 8. The molecule has 240 valence electrons. The van der Waals surface area contributed by atoms with E-state index in [1.165, 1.54) is 9.36 Å². The molecule has 0 spiro atoms. The van der Waals surface area contributed by atoms with Gasteiger partial charge in [0.2, 0.25) is 0 Å². The average molecular weight is 823 g/mol. The summed E-state index contributed by atoms with van der Waals surface area (Å²) in [6.45, 7) is 1.44. The van der Waals surface area contributed by atoms with Crippen molar-refractivity contribution in [3.05, 3.63) is 190 Å². The summed E-state index contributed by atoms with van der Waals surface area (Å²) < 4.78 is 10.1. The Kier molecular flexibility index (Phi) is 14.3. The van der Waals surface area contributed by atoms with Gasteiger partial charge in [0.25, 0.3) is 11.1 Å². The first kappa shape index (κ1) is 35.7. The van der Waals surface area contributed by atoms with Crippen LogP contribution < -0.4 is 15.9 Å². The molecule has 0 bridgehead atoms. The van der Waals surface area contributed by atoms with Crippen molar-refractivity contribution in [2.24, 2.45) is 0 Å². The number of halogens is 3. The highest BCUT2D eigenvalue weighted by Crippen LogP contribution is 2.21. The summed E-state index contributed by atoms with van der Waals surface area (Å²) >= 11 is 9.79. The van der Waals surface area contributed by atoms with Gasteiger partial charge < -0.3 is 9.84 Å². The first-order valence-electron chi connectivity index (χ1n) is 14.4. The molecule has 4 aromatic carbocycles. The predicted octanol–water partition coefficient (Wildman–Crippen LogP) is 7.63. The molecular weight excluding hydrogens is 792 g/mol. The highest BCUT2D eigenvalue weighted by molar-refractivity contribution is 9.13. The van der Waals surface area contributed by atoms with Gasteiger partial charge in [0, 0.05) is 0 Å². The topological polar surface area (TPSA) is 99.2 Å². The van der Waals surface area contributed by atoms with Crippen molar-refractivity contribution in [1.82, 2.24) is 19.6 Å². The zero-order valence-electron chi connectivity index (χ0n) is 25.1. The molecule has 8 nitrogen and oxygen atoms in total. The molecule has 0 aliphatic rings. The molecule has 6 rings (SSSR count). The molecule has 2 aromatic heterocycles. The first-order valence-corrected chi connectivity index (χ1v) is 16.8. The van der Waals surface area contributed by atoms with E-state index < -0.39 is 0 Å². The van der Waals surface area contributed by atoms with Crippen LogP contribution in [0.3, 0.4) is 0 Å². The Labute approximate surface area is 297 Å². The lowest BCUT2D eigenvalue weighted by Gasteiger charge is -2.10. The fourth-order valence-electron chi connectivity index (χ4n) is 4.05. The molecule has 2 heterocycles. The minimum absolute atomic E-state index is 0.140. The van der Waals surface area contributed by atoms with E-state index in [1.807, 2.05) is 121 Å². The van der Waals surface area contributed by atoms with Crippen LogP contribution >= 0.6 is 47.8 Å². The summed E-state index contributed by atoms with van der Waals surface area (Å²) in [6.07, 6.45) is 3.17. The van der Waals surface area contributed by atoms with Crippen molar-refractivity contribution in [3.8, 4) is 5.75 Å². The second kappa shape index (κ2) is 18.9. The van der Waals surface area contributed by atoms with Gasteiger partial charge in [-0.3, -0.25) is 9.59 Å². The van der Waals surface area contributed by atoms with Crippen LogP contribution in [0.4, 0.5) is 0 Å². The maximum Gasteiger partial charge on any atom is 0.285 e. The summed E-state index contributed by atoms with van der Waals surface area (Å²) in [6, 6.07) is 38.8. The van der Waals surface area contributed by atoms with Gasteiger partial charge in [-0.15, -0.1) is 0 Å². The molecule has 0 aliphatic heterocycles. The zero-order chi connectivity index (χ0) is 33.4. The van der Waals surface area contributed by atoms with Gasteiger partial charge in [-0.1, -0.05) is 121 Å². The third kappa shape index (κ3) is 11.2. The van der Waals surface area contributed by atoms with Crippen molar-refractivity contribution >= 4 is 47.8 Å². The van der Waals surface area contributed by atoms with Gasteiger partial charge in [-0.2, -0.15) is 10.2 Å². The number of aliphatic hydroxyl groups excluding tert-OH is 1. The minimum Gasteiger partial charge on any atom is -0.486 e. The molecule has 0 aliphatic carbocycles. The number of hydrogen-bond acceptors (Lipinski definition) is 6.